The Bertz CT molecular complexity index is 631. The Labute approximate surface area is 137 Å². The van der Waals surface area contributed by atoms with Crippen LogP contribution in [-0.2, 0) is 27.2 Å². The van der Waals surface area contributed by atoms with E-state index >= 15 is 0 Å². The molecule has 2 aromatic rings. The van der Waals surface area contributed by atoms with Crippen molar-refractivity contribution >= 4 is 16.9 Å². The lowest BCUT2D eigenvalue weighted by molar-refractivity contribution is -0.133. The number of fused-ring (bicyclic) bond motifs is 1. The molecule has 0 atom stereocenters. The highest BCUT2D eigenvalue weighted by atomic mass is 16.5. The summed E-state index contributed by atoms with van der Waals surface area (Å²) in [6, 6.07) is 7.91. The Kier molecular flexibility index (Phi) is 6.55. The number of hydrogen-bond donors (Lipinski definition) is 0. The molecule has 6 heteroatoms. The van der Waals surface area contributed by atoms with E-state index in [-0.39, 0.29) is 12.5 Å². The normalized spacial score (nSPS) is 11.1. The van der Waals surface area contributed by atoms with Crippen molar-refractivity contribution in [2.75, 3.05) is 40.5 Å². The summed E-state index contributed by atoms with van der Waals surface area (Å²) < 4.78 is 12.2. The van der Waals surface area contributed by atoms with E-state index in [1.165, 1.54) is 0 Å². The first-order valence-corrected chi connectivity index (χ1v) is 7.91. The Morgan fingerprint density at radius 1 is 1.17 bits per heavy atom. The summed E-state index contributed by atoms with van der Waals surface area (Å²) in [6.07, 6.45) is 0.790. The predicted octanol–water partition coefficient (Wildman–Crippen LogP) is 1.72. The van der Waals surface area contributed by atoms with Gasteiger partial charge in [0, 0.05) is 33.7 Å². The number of methoxy groups -OCH3 is 2. The fourth-order valence-corrected chi connectivity index (χ4v) is 2.57. The lowest BCUT2D eigenvalue weighted by atomic mass is 10.3. The summed E-state index contributed by atoms with van der Waals surface area (Å²) in [5.74, 6) is 0.981. The van der Waals surface area contributed by atoms with E-state index in [1.54, 1.807) is 19.1 Å². The average molecular weight is 319 g/mol. The van der Waals surface area contributed by atoms with Gasteiger partial charge in [0.2, 0.25) is 5.91 Å². The van der Waals surface area contributed by atoms with E-state index < -0.39 is 0 Å². The standard InChI is InChI=1S/C17H25N3O3/c1-4-16-18-14-7-5-6-8-15(14)20(16)13-17(21)19(9-11-22-2)10-12-23-3/h5-8H,4,9-13H2,1-3H3. The lowest BCUT2D eigenvalue weighted by Crippen LogP contribution is -2.38. The Hall–Kier alpha value is -1.92. The van der Waals surface area contributed by atoms with E-state index in [9.17, 15) is 4.79 Å². The number of carbonyl (C=O) groups excluding carboxylic acids is 1. The fourth-order valence-electron chi connectivity index (χ4n) is 2.57. The molecular weight excluding hydrogens is 294 g/mol. The van der Waals surface area contributed by atoms with Crippen LogP contribution in [-0.4, -0.2) is 60.9 Å². The number of hydrogen-bond acceptors (Lipinski definition) is 4. The second-order valence-corrected chi connectivity index (χ2v) is 5.32. The monoisotopic (exact) mass is 319 g/mol. The van der Waals surface area contributed by atoms with Gasteiger partial charge in [0.25, 0.3) is 0 Å². The highest BCUT2D eigenvalue weighted by molar-refractivity contribution is 5.81. The van der Waals surface area contributed by atoms with Crippen LogP contribution in [0.15, 0.2) is 24.3 Å². The van der Waals surface area contributed by atoms with Crippen molar-refractivity contribution in [1.82, 2.24) is 14.5 Å². The maximum Gasteiger partial charge on any atom is 0.242 e. The molecule has 0 N–H and O–H groups in total. The quantitative estimate of drug-likeness (QED) is 0.706. The van der Waals surface area contributed by atoms with Gasteiger partial charge in [-0.3, -0.25) is 4.79 Å². The van der Waals surface area contributed by atoms with Crippen LogP contribution in [0.4, 0.5) is 0 Å². The molecule has 0 aliphatic carbocycles. The van der Waals surface area contributed by atoms with Gasteiger partial charge in [0.1, 0.15) is 12.4 Å². The molecule has 0 bridgehead atoms. The van der Waals surface area contributed by atoms with Crippen LogP contribution >= 0.6 is 0 Å². The van der Waals surface area contributed by atoms with Gasteiger partial charge in [-0.05, 0) is 12.1 Å². The molecule has 0 saturated heterocycles. The Morgan fingerprint density at radius 2 is 1.83 bits per heavy atom. The lowest BCUT2D eigenvalue weighted by Gasteiger charge is -2.23. The molecule has 0 aliphatic rings. The summed E-state index contributed by atoms with van der Waals surface area (Å²) in [5, 5.41) is 0. The van der Waals surface area contributed by atoms with E-state index in [2.05, 4.69) is 11.9 Å². The van der Waals surface area contributed by atoms with Crippen LogP contribution in [0.3, 0.4) is 0 Å². The molecule has 1 heterocycles. The van der Waals surface area contributed by atoms with Crippen LogP contribution in [0.2, 0.25) is 0 Å². The minimum atomic E-state index is 0.0527. The molecule has 1 amide bonds. The van der Waals surface area contributed by atoms with Crippen LogP contribution in [0.1, 0.15) is 12.7 Å². The summed E-state index contributed by atoms with van der Waals surface area (Å²) in [5.41, 5.74) is 1.92. The molecule has 0 fully saturated rings. The van der Waals surface area contributed by atoms with Crippen LogP contribution in [0.5, 0.6) is 0 Å². The molecule has 126 valence electrons. The summed E-state index contributed by atoms with van der Waals surface area (Å²) >= 11 is 0. The van der Waals surface area contributed by atoms with E-state index in [4.69, 9.17) is 9.47 Å². The van der Waals surface area contributed by atoms with Gasteiger partial charge >= 0.3 is 0 Å². The molecule has 0 unspecified atom stereocenters. The number of aryl methyl sites for hydroxylation is 1. The number of ether oxygens (including phenoxy) is 2. The summed E-state index contributed by atoms with van der Waals surface area (Å²) in [6.45, 7) is 4.49. The topological polar surface area (TPSA) is 56.6 Å². The number of rotatable bonds is 9. The third-order valence-electron chi connectivity index (χ3n) is 3.83. The van der Waals surface area contributed by atoms with Crippen molar-refractivity contribution in [3.63, 3.8) is 0 Å². The fraction of sp³-hybridized carbons (Fsp3) is 0.529. The molecule has 1 aromatic carbocycles. The Balaban J connectivity index is 2.19. The predicted molar refractivity (Wildman–Crippen MR) is 89.4 cm³/mol. The molecule has 2 rings (SSSR count). The van der Waals surface area contributed by atoms with Gasteiger partial charge in [0.05, 0.1) is 24.2 Å². The van der Waals surface area contributed by atoms with E-state index in [1.807, 2.05) is 28.8 Å². The number of carbonyl (C=O) groups is 1. The second kappa shape index (κ2) is 8.64. The zero-order chi connectivity index (χ0) is 16.7. The van der Waals surface area contributed by atoms with E-state index in [0.717, 1.165) is 23.3 Å². The molecule has 0 spiro atoms. The van der Waals surface area contributed by atoms with E-state index in [0.29, 0.717) is 26.3 Å². The van der Waals surface area contributed by atoms with Gasteiger partial charge in [-0.2, -0.15) is 0 Å². The molecule has 0 radical (unpaired) electrons. The van der Waals surface area contributed by atoms with Crippen molar-refractivity contribution in [3.8, 4) is 0 Å². The SMILES string of the molecule is CCc1nc2ccccc2n1CC(=O)N(CCOC)CCOC. The third kappa shape index (κ3) is 4.30. The first-order valence-electron chi connectivity index (χ1n) is 7.91. The van der Waals surface area contributed by atoms with Gasteiger partial charge in [-0.1, -0.05) is 19.1 Å². The largest absolute Gasteiger partial charge is 0.383 e. The van der Waals surface area contributed by atoms with Crippen molar-refractivity contribution in [3.05, 3.63) is 30.1 Å². The highest BCUT2D eigenvalue weighted by Crippen LogP contribution is 2.16. The van der Waals surface area contributed by atoms with Crippen molar-refractivity contribution in [1.29, 1.82) is 0 Å². The molecule has 0 aliphatic heterocycles. The molecular formula is C17H25N3O3. The first kappa shape index (κ1) is 17.4. The molecule has 1 aromatic heterocycles. The van der Waals surface area contributed by atoms with Gasteiger partial charge < -0.3 is 18.9 Å². The summed E-state index contributed by atoms with van der Waals surface area (Å²) in [7, 11) is 3.27. The second-order valence-electron chi connectivity index (χ2n) is 5.32. The van der Waals surface area contributed by atoms with Gasteiger partial charge in [-0.25, -0.2) is 4.98 Å². The highest BCUT2D eigenvalue weighted by Gasteiger charge is 2.17. The van der Waals surface area contributed by atoms with Crippen LogP contribution in [0.25, 0.3) is 11.0 Å². The Morgan fingerprint density at radius 3 is 2.43 bits per heavy atom. The minimum Gasteiger partial charge on any atom is -0.383 e. The maximum absolute atomic E-state index is 12.7. The molecule has 0 saturated carbocycles. The third-order valence-corrected chi connectivity index (χ3v) is 3.83. The summed E-state index contributed by atoms with van der Waals surface area (Å²) in [4.78, 5) is 19.1. The zero-order valence-corrected chi connectivity index (χ0v) is 14.1. The number of imidazole rings is 1. The number of aromatic nitrogens is 2. The minimum absolute atomic E-state index is 0.0527. The van der Waals surface area contributed by atoms with Crippen molar-refractivity contribution < 1.29 is 14.3 Å². The van der Waals surface area contributed by atoms with Crippen molar-refractivity contribution in [2.24, 2.45) is 0 Å². The zero-order valence-electron chi connectivity index (χ0n) is 14.1. The first-order chi connectivity index (χ1) is 11.2. The van der Waals surface area contributed by atoms with Gasteiger partial charge in [0.15, 0.2) is 0 Å². The van der Waals surface area contributed by atoms with Gasteiger partial charge in [-0.15, -0.1) is 0 Å². The van der Waals surface area contributed by atoms with Crippen molar-refractivity contribution in [2.45, 2.75) is 19.9 Å². The molecule has 6 nitrogen and oxygen atoms in total. The maximum atomic E-state index is 12.7. The number of para-hydroxylation sites is 2. The number of nitrogens with zero attached hydrogens (tertiary/aromatic N) is 3. The number of amides is 1. The number of benzene rings is 1. The molecule has 23 heavy (non-hydrogen) atoms. The average Bonchev–Trinajstić information content (AvgIpc) is 2.93. The van der Waals surface area contributed by atoms with Crippen LogP contribution in [0, 0.1) is 0 Å². The smallest absolute Gasteiger partial charge is 0.242 e. The van der Waals surface area contributed by atoms with Crippen LogP contribution < -0.4 is 0 Å².